The van der Waals surface area contributed by atoms with Gasteiger partial charge in [-0.25, -0.2) is 0 Å². The van der Waals surface area contributed by atoms with Crippen LogP contribution in [-0.4, -0.2) is 0 Å². The predicted molar refractivity (Wildman–Crippen MR) is 61.7 cm³/mol. The van der Waals surface area contributed by atoms with E-state index in [4.69, 9.17) is 0 Å². The van der Waals surface area contributed by atoms with Crippen LogP contribution in [0.4, 0.5) is 0 Å². The van der Waals surface area contributed by atoms with Gasteiger partial charge in [-0.15, -0.1) is 0 Å². The van der Waals surface area contributed by atoms with Crippen molar-refractivity contribution in [1.29, 1.82) is 0 Å². The van der Waals surface area contributed by atoms with Gasteiger partial charge in [-0.1, -0.05) is 32.0 Å². The fourth-order valence-corrected chi connectivity index (χ4v) is 2.81. The Labute approximate surface area is 87.3 Å². The lowest BCUT2D eigenvalue weighted by atomic mass is 9.75. The second-order valence-electron chi connectivity index (χ2n) is 4.89. The molecule has 0 N–H and O–H groups in total. The van der Waals surface area contributed by atoms with Gasteiger partial charge >= 0.3 is 0 Å². The summed E-state index contributed by atoms with van der Waals surface area (Å²) in [5.74, 6) is 1.59. The Morgan fingerprint density at radius 2 is 2.07 bits per heavy atom. The molecule has 0 bridgehead atoms. The lowest BCUT2D eigenvalue weighted by Gasteiger charge is -2.30. The molecule has 0 saturated heterocycles. The first-order chi connectivity index (χ1) is 6.70. The van der Waals surface area contributed by atoms with E-state index in [2.05, 4.69) is 39.0 Å². The van der Waals surface area contributed by atoms with Crippen LogP contribution in [0.1, 0.15) is 49.3 Å². The van der Waals surface area contributed by atoms with Crippen LogP contribution in [0, 0.1) is 12.8 Å². The summed E-state index contributed by atoms with van der Waals surface area (Å²) in [4.78, 5) is 0. The van der Waals surface area contributed by atoms with Crippen LogP contribution in [0.2, 0.25) is 0 Å². The summed E-state index contributed by atoms with van der Waals surface area (Å²) in [6.45, 7) is 6.97. The van der Waals surface area contributed by atoms with Gasteiger partial charge < -0.3 is 0 Å². The number of fused-ring (bicyclic) bond motifs is 1. The molecule has 2 rings (SSSR count). The fraction of sp³-hybridized carbons (Fsp3) is 0.571. The molecule has 1 unspecified atom stereocenters. The van der Waals surface area contributed by atoms with Gasteiger partial charge in [0.25, 0.3) is 0 Å². The number of hydrogen-bond acceptors (Lipinski definition) is 0. The molecular weight excluding hydrogens is 168 g/mol. The van der Waals surface area contributed by atoms with Crippen molar-refractivity contribution in [3.8, 4) is 0 Å². The SMILES string of the molecule is Cc1cccc2c1C(C(C)C)CCC2. The van der Waals surface area contributed by atoms with Gasteiger partial charge in [0.1, 0.15) is 0 Å². The summed E-state index contributed by atoms with van der Waals surface area (Å²) in [6.07, 6.45) is 4.05. The number of aryl methyl sites for hydroxylation is 2. The Kier molecular flexibility index (Phi) is 2.62. The second kappa shape index (κ2) is 3.76. The molecule has 0 spiro atoms. The number of hydrogen-bond donors (Lipinski definition) is 0. The van der Waals surface area contributed by atoms with Crippen molar-refractivity contribution < 1.29 is 0 Å². The van der Waals surface area contributed by atoms with E-state index in [1.165, 1.54) is 24.8 Å². The molecule has 76 valence electrons. The minimum absolute atomic E-state index is 0.787. The second-order valence-corrected chi connectivity index (χ2v) is 4.89. The summed E-state index contributed by atoms with van der Waals surface area (Å²) in [5.41, 5.74) is 4.77. The maximum atomic E-state index is 2.35. The van der Waals surface area contributed by atoms with Crippen molar-refractivity contribution in [2.45, 2.75) is 46.0 Å². The minimum atomic E-state index is 0.787. The van der Waals surface area contributed by atoms with Gasteiger partial charge in [-0.3, -0.25) is 0 Å². The van der Waals surface area contributed by atoms with E-state index in [1.54, 1.807) is 11.1 Å². The normalized spacial score (nSPS) is 21.0. The van der Waals surface area contributed by atoms with Gasteiger partial charge in [0.2, 0.25) is 0 Å². The summed E-state index contributed by atoms with van der Waals surface area (Å²) in [5, 5.41) is 0. The van der Waals surface area contributed by atoms with Crippen LogP contribution in [0.15, 0.2) is 18.2 Å². The first-order valence-electron chi connectivity index (χ1n) is 5.78. The first-order valence-corrected chi connectivity index (χ1v) is 5.78. The van der Waals surface area contributed by atoms with Crippen molar-refractivity contribution in [3.63, 3.8) is 0 Å². The number of benzene rings is 1. The topological polar surface area (TPSA) is 0 Å². The zero-order valence-electron chi connectivity index (χ0n) is 9.51. The molecule has 0 nitrogen and oxygen atoms in total. The maximum Gasteiger partial charge on any atom is -0.0133 e. The minimum Gasteiger partial charge on any atom is -0.0622 e. The average Bonchev–Trinajstić information content (AvgIpc) is 2.17. The van der Waals surface area contributed by atoms with Crippen LogP contribution in [-0.2, 0) is 6.42 Å². The molecule has 1 aliphatic rings. The highest BCUT2D eigenvalue weighted by atomic mass is 14.3. The van der Waals surface area contributed by atoms with E-state index in [0.29, 0.717) is 0 Å². The molecule has 1 aromatic carbocycles. The molecular formula is C14H20. The molecule has 0 heteroatoms. The quantitative estimate of drug-likeness (QED) is 0.623. The van der Waals surface area contributed by atoms with E-state index in [0.717, 1.165) is 11.8 Å². The predicted octanol–water partition coefficient (Wildman–Crippen LogP) is 4.07. The third-order valence-electron chi connectivity index (χ3n) is 3.55. The van der Waals surface area contributed by atoms with Gasteiger partial charge in [0.15, 0.2) is 0 Å². The van der Waals surface area contributed by atoms with Crippen LogP contribution in [0.25, 0.3) is 0 Å². The van der Waals surface area contributed by atoms with Crippen molar-refractivity contribution in [3.05, 3.63) is 34.9 Å². The highest BCUT2D eigenvalue weighted by Gasteiger charge is 2.23. The summed E-state index contributed by atoms with van der Waals surface area (Å²) in [6, 6.07) is 6.78. The van der Waals surface area contributed by atoms with Crippen LogP contribution in [0.5, 0.6) is 0 Å². The Morgan fingerprint density at radius 1 is 1.29 bits per heavy atom. The molecule has 0 aromatic heterocycles. The standard InChI is InChI=1S/C14H20/c1-10(2)13-9-5-8-12-7-4-6-11(3)14(12)13/h4,6-7,10,13H,5,8-9H2,1-3H3. The first kappa shape index (κ1) is 9.76. The average molecular weight is 188 g/mol. The van der Waals surface area contributed by atoms with E-state index in [9.17, 15) is 0 Å². The molecule has 1 aliphatic carbocycles. The van der Waals surface area contributed by atoms with Gasteiger partial charge in [-0.05, 0) is 54.7 Å². The van der Waals surface area contributed by atoms with E-state index < -0.39 is 0 Å². The molecule has 0 heterocycles. The molecule has 0 saturated carbocycles. The molecule has 0 amide bonds. The highest BCUT2D eigenvalue weighted by molar-refractivity contribution is 5.39. The summed E-state index contributed by atoms with van der Waals surface area (Å²) < 4.78 is 0. The van der Waals surface area contributed by atoms with Crippen molar-refractivity contribution in [1.82, 2.24) is 0 Å². The maximum absolute atomic E-state index is 2.35. The lowest BCUT2D eigenvalue weighted by molar-refractivity contribution is 0.432. The molecule has 0 aliphatic heterocycles. The van der Waals surface area contributed by atoms with Crippen molar-refractivity contribution in [2.75, 3.05) is 0 Å². The fourth-order valence-electron chi connectivity index (χ4n) is 2.81. The summed E-state index contributed by atoms with van der Waals surface area (Å²) in [7, 11) is 0. The third-order valence-corrected chi connectivity index (χ3v) is 3.55. The molecule has 0 fully saturated rings. The van der Waals surface area contributed by atoms with Crippen LogP contribution in [0.3, 0.4) is 0 Å². The van der Waals surface area contributed by atoms with E-state index in [-0.39, 0.29) is 0 Å². The lowest BCUT2D eigenvalue weighted by Crippen LogP contribution is -2.16. The van der Waals surface area contributed by atoms with Gasteiger partial charge in [0.05, 0.1) is 0 Å². The van der Waals surface area contributed by atoms with Gasteiger partial charge in [0, 0.05) is 0 Å². The Bertz CT molecular complexity index is 323. The third kappa shape index (κ3) is 1.58. The Morgan fingerprint density at radius 3 is 2.79 bits per heavy atom. The highest BCUT2D eigenvalue weighted by Crippen LogP contribution is 2.38. The van der Waals surface area contributed by atoms with Gasteiger partial charge in [-0.2, -0.15) is 0 Å². The smallest absolute Gasteiger partial charge is 0.0133 e. The molecule has 0 radical (unpaired) electrons. The molecule has 1 aromatic rings. The zero-order valence-corrected chi connectivity index (χ0v) is 9.51. The molecule has 14 heavy (non-hydrogen) atoms. The Balaban J connectivity index is 2.47. The van der Waals surface area contributed by atoms with Crippen molar-refractivity contribution >= 4 is 0 Å². The van der Waals surface area contributed by atoms with Crippen LogP contribution >= 0.6 is 0 Å². The van der Waals surface area contributed by atoms with Crippen LogP contribution < -0.4 is 0 Å². The number of rotatable bonds is 1. The van der Waals surface area contributed by atoms with Crippen molar-refractivity contribution in [2.24, 2.45) is 5.92 Å². The van der Waals surface area contributed by atoms with E-state index in [1.807, 2.05) is 0 Å². The molecule has 1 atom stereocenters. The largest absolute Gasteiger partial charge is 0.0622 e. The van der Waals surface area contributed by atoms with E-state index >= 15 is 0 Å². The monoisotopic (exact) mass is 188 g/mol. The zero-order chi connectivity index (χ0) is 10.1. The Hall–Kier alpha value is -0.780. The summed E-state index contributed by atoms with van der Waals surface area (Å²) >= 11 is 0.